The zero-order valence-corrected chi connectivity index (χ0v) is 10.4. The highest BCUT2D eigenvalue weighted by Crippen LogP contribution is 2.12. The van der Waals surface area contributed by atoms with Gasteiger partial charge in [0.15, 0.2) is 0 Å². The van der Waals surface area contributed by atoms with Crippen LogP contribution in [0.1, 0.15) is 23.6 Å². The van der Waals surface area contributed by atoms with Crippen molar-refractivity contribution in [2.75, 3.05) is 5.32 Å². The van der Waals surface area contributed by atoms with Crippen LogP contribution in [0.4, 0.5) is 5.69 Å². The van der Waals surface area contributed by atoms with Crippen molar-refractivity contribution in [3.05, 3.63) is 59.4 Å². The van der Waals surface area contributed by atoms with Crippen molar-refractivity contribution in [3.63, 3.8) is 0 Å². The zero-order valence-electron chi connectivity index (χ0n) is 10.4. The van der Waals surface area contributed by atoms with Crippen molar-refractivity contribution in [2.45, 2.75) is 26.8 Å². The van der Waals surface area contributed by atoms with Gasteiger partial charge in [-0.3, -0.25) is 4.98 Å². The minimum atomic E-state index is 0.821. The third-order valence-electron chi connectivity index (χ3n) is 2.76. The lowest BCUT2D eigenvalue weighted by Crippen LogP contribution is -2.00. The number of rotatable bonds is 4. The molecule has 17 heavy (non-hydrogen) atoms. The molecule has 88 valence electrons. The molecule has 0 saturated carbocycles. The Hall–Kier alpha value is -1.83. The van der Waals surface area contributed by atoms with Gasteiger partial charge in [0.05, 0.1) is 0 Å². The lowest BCUT2D eigenvalue weighted by Gasteiger charge is -2.08. The van der Waals surface area contributed by atoms with Gasteiger partial charge in [-0.25, -0.2) is 0 Å². The Morgan fingerprint density at radius 3 is 2.76 bits per heavy atom. The first-order chi connectivity index (χ1) is 8.28. The molecule has 0 radical (unpaired) electrons. The van der Waals surface area contributed by atoms with Gasteiger partial charge >= 0.3 is 0 Å². The topological polar surface area (TPSA) is 24.9 Å². The van der Waals surface area contributed by atoms with Crippen molar-refractivity contribution < 1.29 is 0 Å². The molecule has 0 bridgehead atoms. The third kappa shape index (κ3) is 3.31. The molecule has 1 aromatic carbocycles. The summed E-state index contributed by atoms with van der Waals surface area (Å²) in [5.41, 5.74) is 4.95. The normalized spacial score (nSPS) is 10.2. The highest BCUT2D eigenvalue weighted by Gasteiger charge is 1.96. The number of hydrogen-bond donors (Lipinski definition) is 1. The highest BCUT2D eigenvalue weighted by molar-refractivity contribution is 5.46. The Morgan fingerprint density at radius 2 is 2.00 bits per heavy atom. The number of aromatic nitrogens is 1. The largest absolute Gasteiger partial charge is 0.381 e. The van der Waals surface area contributed by atoms with Crippen LogP contribution >= 0.6 is 0 Å². The van der Waals surface area contributed by atoms with Crippen LogP contribution in [0.2, 0.25) is 0 Å². The van der Waals surface area contributed by atoms with E-state index < -0.39 is 0 Å². The van der Waals surface area contributed by atoms with Crippen molar-refractivity contribution in [3.8, 4) is 0 Å². The molecule has 2 aromatic rings. The van der Waals surface area contributed by atoms with Gasteiger partial charge in [-0.1, -0.05) is 25.1 Å². The number of anilines is 1. The smallest absolute Gasteiger partial charge is 0.0416 e. The number of benzene rings is 1. The van der Waals surface area contributed by atoms with Crippen LogP contribution in [0.15, 0.2) is 42.7 Å². The molecule has 0 aliphatic rings. The molecule has 2 rings (SSSR count). The summed E-state index contributed by atoms with van der Waals surface area (Å²) in [5.74, 6) is 0. The maximum absolute atomic E-state index is 4.19. The fraction of sp³-hybridized carbons (Fsp3) is 0.267. The van der Waals surface area contributed by atoms with E-state index in [2.05, 4.69) is 54.5 Å². The summed E-state index contributed by atoms with van der Waals surface area (Å²) in [5, 5.41) is 3.42. The van der Waals surface area contributed by atoms with E-state index in [1.54, 1.807) is 0 Å². The molecular formula is C15H18N2. The molecule has 2 nitrogen and oxygen atoms in total. The first-order valence-electron chi connectivity index (χ1n) is 6.01. The first-order valence-corrected chi connectivity index (χ1v) is 6.01. The Morgan fingerprint density at radius 1 is 1.12 bits per heavy atom. The standard InChI is InChI=1S/C15H18N2/c1-3-13-5-4-6-15(8-13)17-11-14-7-12(2)9-16-10-14/h4-10,17H,3,11H2,1-2H3. The Labute approximate surface area is 103 Å². The Bertz CT molecular complexity index is 492. The molecule has 1 aromatic heterocycles. The average Bonchev–Trinajstić information content (AvgIpc) is 2.37. The summed E-state index contributed by atoms with van der Waals surface area (Å²) in [6.45, 7) is 5.06. The lowest BCUT2D eigenvalue weighted by atomic mass is 10.1. The van der Waals surface area contributed by atoms with E-state index in [9.17, 15) is 0 Å². The van der Waals surface area contributed by atoms with Gasteiger partial charge < -0.3 is 5.32 Å². The van der Waals surface area contributed by atoms with Crippen LogP contribution < -0.4 is 5.32 Å². The van der Waals surface area contributed by atoms with Crippen LogP contribution in [0.3, 0.4) is 0 Å². The van der Waals surface area contributed by atoms with Crippen molar-refractivity contribution in [2.24, 2.45) is 0 Å². The van der Waals surface area contributed by atoms with E-state index in [4.69, 9.17) is 0 Å². The van der Waals surface area contributed by atoms with Crippen LogP contribution in [0.5, 0.6) is 0 Å². The predicted molar refractivity (Wildman–Crippen MR) is 72.1 cm³/mol. The number of nitrogens with one attached hydrogen (secondary N) is 1. The van der Waals surface area contributed by atoms with Crippen molar-refractivity contribution in [1.29, 1.82) is 0 Å². The average molecular weight is 226 g/mol. The Balaban J connectivity index is 2.02. The van der Waals surface area contributed by atoms with E-state index >= 15 is 0 Å². The minimum Gasteiger partial charge on any atom is -0.381 e. The van der Waals surface area contributed by atoms with Crippen molar-refractivity contribution in [1.82, 2.24) is 4.98 Å². The fourth-order valence-corrected chi connectivity index (χ4v) is 1.82. The zero-order chi connectivity index (χ0) is 12.1. The summed E-state index contributed by atoms with van der Waals surface area (Å²) in [4.78, 5) is 4.19. The van der Waals surface area contributed by atoms with Crippen LogP contribution in [-0.2, 0) is 13.0 Å². The molecule has 0 spiro atoms. The second kappa shape index (κ2) is 5.48. The van der Waals surface area contributed by atoms with E-state index in [1.807, 2.05) is 12.4 Å². The molecule has 1 heterocycles. The number of pyridine rings is 1. The number of nitrogens with zero attached hydrogens (tertiary/aromatic N) is 1. The summed E-state index contributed by atoms with van der Waals surface area (Å²) in [6.07, 6.45) is 4.85. The molecule has 2 heteroatoms. The van der Waals surface area contributed by atoms with E-state index in [-0.39, 0.29) is 0 Å². The monoisotopic (exact) mass is 226 g/mol. The summed E-state index contributed by atoms with van der Waals surface area (Å²) >= 11 is 0. The van der Waals surface area contributed by atoms with Crippen molar-refractivity contribution >= 4 is 5.69 Å². The van der Waals surface area contributed by atoms with Gasteiger partial charge in [-0.2, -0.15) is 0 Å². The summed E-state index contributed by atoms with van der Waals surface area (Å²) in [7, 11) is 0. The molecule has 0 unspecified atom stereocenters. The number of hydrogen-bond acceptors (Lipinski definition) is 2. The second-order valence-corrected chi connectivity index (χ2v) is 4.28. The third-order valence-corrected chi connectivity index (χ3v) is 2.76. The van der Waals surface area contributed by atoms with Crippen LogP contribution in [0.25, 0.3) is 0 Å². The highest BCUT2D eigenvalue weighted by atomic mass is 14.9. The van der Waals surface area contributed by atoms with E-state index in [0.29, 0.717) is 0 Å². The molecule has 0 aliphatic heterocycles. The molecular weight excluding hydrogens is 208 g/mol. The Kier molecular flexibility index (Phi) is 3.76. The van der Waals surface area contributed by atoms with Gasteiger partial charge in [0.2, 0.25) is 0 Å². The van der Waals surface area contributed by atoms with Gasteiger partial charge in [-0.05, 0) is 42.2 Å². The SMILES string of the molecule is CCc1cccc(NCc2cncc(C)c2)c1. The molecule has 0 aliphatic carbocycles. The van der Waals surface area contributed by atoms with Gasteiger partial charge in [0.1, 0.15) is 0 Å². The first kappa shape index (κ1) is 11.6. The maximum atomic E-state index is 4.19. The quantitative estimate of drug-likeness (QED) is 0.862. The minimum absolute atomic E-state index is 0.821. The maximum Gasteiger partial charge on any atom is 0.0416 e. The lowest BCUT2D eigenvalue weighted by molar-refractivity contribution is 1.09. The molecule has 1 N–H and O–H groups in total. The summed E-state index contributed by atoms with van der Waals surface area (Å²) < 4.78 is 0. The van der Waals surface area contributed by atoms with E-state index in [0.717, 1.165) is 13.0 Å². The van der Waals surface area contributed by atoms with Gasteiger partial charge in [0.25, 0.3) is 0 Å². The number of aryl methyl sites for hydroxylation is 2. The second-order valence-electron chi connectivity index (χ2n) is 4.28. The molecule has 0 fully saturated rings. The molecule has 0 saturated heterocycles. The fourth-order valence-electron chi connectivity index (χ4n) is 1.82. The van der Waals surface area contributed by atoms with Gasteiger partial charge in [-0.15, -0.1) is 0 Å². The molecule has 0 amide bonds. The summed E-state index contributed by atoms with van der Waals surface area (Å²) in [6, 6.07) is 10.7. The van der Waals surface area contributed by atoms with Gasteiger partial charge in [0, 0.05) is 24.6 Å². The predicted octanol–water partition coefficient (Wildman–Crippen LogP) is 3.56. The van der Waals surface area contributed by atoms with Crippen LogP contribution in [0, 0.1) is 6.92 Å². The van der Waals surface area contributed by atoms with E-state index in [1.165, 1.54) is 22.4 Å². The molecule has 0 atom stereocenters. The van der Waals surface area contributed by atoms with Crippen LogP contribution in [-0.4, -0.2) is 4.98 Å².